The van der Waals surface area contributed by atoms with Crippen molar-refractivity contribution >= 4 is 36.7 Å². The lowest BCUT2D eigenvalue weighted by molar-refractivity contribution is 0.0966. The highest BCUT2D eigenvalue weighted by Crippen LogP contribution is 2.56. The van der Waals surface area contributed by atoms with E-state index in [-0.39, 0.29) is 12.0 Å². The molecule has 1 atom stereocenters. The van der Waals surface area contributed by atoms with Gasteiger partial charge in [0.05, 0.1) is 6.61 Å². The average molecular weight is 414 g/mol. The standard InChI is InChI=1S/C18H18Cl2NO4P/c1-3-24-26(23,25-15-7-5-4-6-8-15)18(16(19)20)21-17(22)14-11-9-13(2)10-12-14/h4-12H,3H2,1-2H3,(H,21,22)/t26-/m1/s1. The average Bonchev–Trinajstić information content (AvgIpc) is 2.60. The largest absolute Gasteiger partial charge is 0.429 e. The molecule has 2 aromatic rings. The Balaban J connectivity index is 2.32. The van der Waals surface area contributed by atoms with Crippen molar-refractivity contribution in [3.8, 4) is 5.75 Å². The third kappa shape index (κ3) is 5.36. The number of nitrogens with one attached hydrogen (secondary N) is 1. The van der Waals surface area contributed by atoms with Crippen LogP contribution in [0.15, 0.2) is 64.5 Å². The first-order valence-corrected chi connectivity index (χ1v) is 10.1. The van der Waals surface area contributed by atoms with Gasteiger partial charge < -0.3 is 9.84 Å². The number of carbonyl (C=O) groups excluding carboxylic acids is 1. The highest BCUT2D eigenvalue weighted by molar-refractivity contribution is 7.59. The van der Waals surface area contributed by atoms with E-state index in [0.29, 0.717) is 11.3 Å². The number of benzene rings is 2. The molecule has 2 rings (SSSR count). The van der Waals surface area contributed by atoms with Crippen molar-refractivity contribution in [2.75, 3.05) is 6.61 Å². The van der Waals surface area contributed by atoms with E-state index in [1.54, 1.807) is 61.5 Å². The van der Waals surface area contributed by atoms with Crippen LogP contribution >= 0.6 is 30.8 Å². The van der Waals surface area contributed by atoms with Crippen LogP contribution in [-0.4, -0.2) is 12.5 Å². The first kappa shape index (κ1) is 20.5. The molecule has 2 aromatic carbocycles. The van der Waals surface area contributed by atoms with Gasteiger partial charge in [-0.1, -0.05) is 59.1 Å². The molecule has 0 radical (unpaired) electrons. The topological polar surface area (TPSA) is 64.6 Å². The molecule has 0 heterocycles. The number of aryl methyl sites for hydroxylation is 1. The predicted molar refractivity (Wildman–Crippen MR) is 104 cm³/mol. The minimum absolute atomic E-state index is 0.0646. The van der Waals surface area contributed by atoms with Crippen LogP contribution in [0.2, 0.25) is 0 Å². The van der Waals surface area contributed by atoms with Crippen LogP contribution in [0.25, 0.3) is 0 Å². The van der Waals surface area contributed by atoms with Crippen molar-refractivity contribution in [1.29, 1.82) is 0 Å². The summed E-state index contributed by atoms with van der Waals surface area (Å²) in [5, 5.41) is 2.46. The predicted octanol–water partition coefficient (Wildman–Crippen LogP) is 5.64. The van der Waals surface area contributed by atoms with Crippen LogP contribution in [0.3, 0.4) is 0 Å². The van der Waals surface area contributed by atoms with Gasteiger partial charge in [-0.25, -0.2) is 4.57 Å². The molecule has 26 heavy (non-hydrogen) atoms. The minimum atomic E-state index is -4.01. The minimum Gasteiger partial charge on any atom is -0.420 e. The molecule has 0 spiro atoms. The maximum atomic E-state index is 13.3. The third-order valence-corrected chi connectivity index (χ3v) is 5.84. The van der Waals surface area contributed by atoms with Gasteiger partial charge >= 0.3 is 7.60 Å². The second kappa shape index (κ2) is 9.24. The summed E-state index contributed by atoms with van der Waals surface area (Å²) in [7, 11) is -4.01. The molecule has 0 unspecified atom stereocenters. The Hall–Kier alpha value is -1.78. The van der Waals surface area contributed by atoms with Crippen molar-refractivity contribution in [2.45, 2.75) is 13.8 Å². The number of hydrogen-bond donors (Lipinski definition) is 1. The Kier molecular flexibility index (Phi) is 7.30. The van der Waals surface area contributed by atoms with E-state index < -0.39 is 18.0 Å². The first-order chi connectivity index (χ1) is 12.4. The molecule has 0 fully saturated rings. The number of rotatable bonds is 7. The molecule has 0 saturated heterocycles. The number of hydrogen-bond acceptors (Lipinski definition) is 4. The highest BCUT2D eigenvalue weighted by atomic mass is 35.5. The fraction of sp³-hybridized carbons (Fsp3) is 0.167. The van der Waals surface area contributed by atoms with Crippen LogP contribution < -0.4 is 9.84 Å². The molecule has 138 valence electrons. The van der Waals surface area contributed by atoms with Gasteiger partial charge in [0.15, 0.2) is 5.44 Å². The molecular formula is C18H18Cl2NO4P. The molecule has 1 amide bonds. The van der Waals surface area contributed by atoms with Gasteiger partial charge in [0, 0.05) is 5.56 Å². The van der Waals surface area contributed by atoms with Crippen molar-refractivity contribution in [2.24, 2.45) is 0 Å². The van der Waals surface area contributed by atoms with E-state index in [0.717, 1.165) is 5.56 Å². The van der Waals surface area contributed by atoms with E-state index >= 15 is 0 Å². The Morgan fingerprint density at radius 2 is 1.69 bits per heavy atom. The lowest BCUT2D eigenvalue weighted by Gasteiger charge is -2.22. The van der Waals surface area contributed by atoms with Crippen LogP contribution in [0.1, 0.15) is 22.8 Å². The van der Waals surface area contributed by atoms with Crippen molar-refractivity contribution in [1.82, 2.24) is 5.32 Å². The Morgan fingerprint density at radius 3 is 2.23 bits per heavy atom. The first-order valence-electron chi connectivity index (χ1n) is 7.79. The van der Waals surface area contributed by atoms with Gasteiger partial charge in [-0.3, -0.25) is 9.32 Å². The van der Waals surface area contributed by atoms with E-state index in [9.17, 15) is 9.36 Å². The maximum absolute atomic E-state index is 13.3. The zero-order chi connectivity index (χ0) is 19.2. The fourth-order valence-corrected chi connectivity index (χ4v) is 4.20. The molecule has 0 bridgehead atoms. The van der Waals surface area contributed by atoms with Crippen LogP contribution in [0, 0.1) is 6.92 Å². The molecule has 0 saturated carbocycles. The van der Waals surface area contributed by atoms with Gasteiger partial charge in [-0.2, -0.15) is 0 Å². The summed E-state index contributed by atoms with van der Waals surface area (Å²) in [4.78, 5) is 12.5. The second-order valence-corrected chi connectivity index (χ2v) is 8.08. The molecule has 8 heteroatoms. The van der Waals surface area contributed by atoms with Gasteiger partial charge in [0.25, 0.3) is 5.91 Å². The Labute approximate surface area is 162 Å². The Morgan fingerprint density at radius 1 is 1.08 bits per heavy atom. The number of halogens is 2. The third-order valence-electron chi connectivity index (χ3n) is 3.27. The molecular weight excluding hydrogens is 396 g/mol. The zero-order valence-electron chi connectivity index (χ0n) is 14.2. The summed E-state index contributed by atoms with van der Waals surface area (Å²) in [5.74, 6) is -0.239. The van der Waals surface area contributed by atoms with Crippen molar-refractivity contribution in [3.63, 3.8) is 0 Å². The molecule has 0 aromatic heterocycles. The molecule has 0 aliphatic carbocycles. The number of amides is 1. The van der Waals surface area contributed by atoms with Crippen LogP contribution in [0.4, 0.5) is 0 Å². The summed E-state index contributed by atoms with van der Waals surface area (Å²) >= 11 is 11.8. The lowest BCUT2D eigenvalue weighted by atomic mass is 10.1. The van der Waals surface area contributed by atoms with E-state index in [1.807, 2.05) is 6.92 Å². The summed E-state index contributed by atoms with van der Waals surface area (Å²) in [6.07, 6.45) is 0. The number of para-hydroxylation sites is 1. The zero-order valence-corrected chi connectivity index (χ0v) is 16.6. The smallest absolute Gasteiger partial charge is 0.420 e. The molecule has 1 N–H and O–H groups in total. The monoisotopic (exact) mass is 413 g/mol. The fourth-order valence-electron chi connectivity index (χ4n) is 2.03. The summed E-state index contributed by atoms with van der Waals surface area (Å²) in [5.41, 5.74) is 1.04. The second-order valence-electron chi connectivity index (χ2n) is 5.25. The lowest BCUT2D eigenvalue weighted by Crippen LogP contribution is -2.25. The SMILES string of the molecule is CCO[P@@](=O)(Oc1ccccc1)C(NC(=O)c1ccc(C)cc1)=C(Cl)Cl. The van der Waals surface area contributed by atoms with E-state index in [2.05, 4.69) is 5.32 Å². The van der Waals surface area contributed by atoms with Gasteiger partial charge in [0.2, 0.25) is 0 Å². The van der Waals surface area contributed by atoms with Crippen molar-refractivity contribution in [3.05, 3.63) is 75.7 Å². The van der Waals surface area contributed by atoms with Gasteiger partial charge in [0.1, 0.15) is 10.2 Å². The summed E-state index contributed by atoms with van der Waals surface area (Å²) < 4.78 is 23.7. The quantitative estimate of drug-likeness (QED) is 0.596. The van der Waals surface area contributed by atoms with Crippen LogP contribution in [0.5, 0.6) is 5.75 Å². The van der Waals surface area contributed by atoms with Crippen molar-refractivity contribution < 1.29 is 18.4 Å². The molecule has 0 aliphatic heterocycles. The maximum Gasteiger partial charge on any atom is 0.429 e. The molecule has 0 aliphatic rings. The van der Waals surface area contributed by atoms with Crippen LogP contribution in [-0.2, 0) is 9.09 Å². The normalized spacial score (nSPS) is 12.8. The highest BCUT2D eigenvalue weighted by Gasteiger charge is 2.36. The van der Waals surface area contributed by atoms with Gasteiger partial charge in [-0.05, 0) is 38.1 Å². The summed E-state index contributed by atoms with van der Waals surface area (Å²) in [6.45, 7) is 3.61. The number of carbonyl (C=O) groups is 1. The van der Waals surface area contributed by atoms with Gasteiger partial charge in [-0.15, -0.1) is 0 Å². The Bertz CT molecular complexity index is 834. The van der Waals surface area contributed by atoms with E-state index in [4.69, 9.17) is 32.2 Å². The van der Waals surface area contributed by atoms with E-state index in [1.165, 1.54) is 0 Å². The molecule has 5 nitrogen and oxygen atoms in total. The summed E-state index contributed by atoms with van der Waals surface area (Å²) in [6, 6.07) is 15.2.